The van der Waals surface area contributed by atoms with Crippen LogP contribution in [0, 0.1) is 6.92 Å². The second-order valence-electron chi connectivity index (χ2n) is 8.44. The molecule has 0 spiro atoms. The van der Waals surface area contributed by atoms with E-state index in [1.807, 2.05) is 66.6 Å². The molecule has 1 aromatic heterocycles. The number of amides is 1. The maximum absolute atomic E-state index is 12.7. The molecule has 1 amide bonds. The molecule has 1 aliphatic heterocycles. The number of rotatable bonds is 7. The molecule has 0 radical (unpaired) electrons. The first-order valence-electron chi connectivity index (χ1n) is 11.2. The summed E-state index contributed by atoms with van der Waals surface area (Å²) < 4.78 is 5.81. The molecule has 32 heavy (non-hydrogen) atoms. The fraction of sp³-hybridized carbons (Fsp3) is 0.333. The Morgan fingerprint density at radius 2 is 1.88 bits per heavy atom. The minimum atomic E-state index is 0.155. The number of piperidine rings is 1. The standard InChI is InChI=1S/C27H29ClN2O2/c1-20-5-2-3-7-26(20)32-16-14-27(31)30-15-4-6-23(19-30)25-13-10-22(18-29-25)17-21-8-11-24(28)12-9-21/h2-3,5,7-13,18,23H,4,6,14-17,19H2,1H3/t23-/m0/s1. The van der Waals surface area contributed by atoms with Crippen LogP contribution in [0.15, 0.2) is 66.9 Å². The van der Waals surface area contributed by atoms with Gasteiger partial charge in [0.25, 0.3) is 0 Å². The molecule has 5 heteroatoms. The van der Waals surface area contributed by atoms with E-state index in [1.165, 1.54) is 11.1 Å². The monoisotopic (exact) mass is 448 g/mol. The maximum Gasteiger partial charge on any atom is 0.226 e. The summed E-state index contributed by atoms with van der Waals surface area (Å²) in [5.41, 5.74) is 4.54. The highest BCUT2D eigenvalue weighted by molar-refractivity contribution is 6.30. The Labute approximate surface area is 195 Å². The van der Waals surface area contributed by atoms with Crippen LogP contribution in [-0.4, -0.2) is 35.5 Å². The quantitative estimate of drug-likeness (QED) is 0.458. The van der Waals surface area contributed by atoms with E-state index < -0.39 is 0 Å². The lowest BCUT2D eigenvalue weighted by molar-refractivity contribution is -0.132. The first-order valence-corrected chi connectivity index (χ1v) is 11.6. The van der Waals surface area contributed by atoms with Crippen LogP contribution in [0.25, 0.3) is 0 Å². The summed E-state index contributed by atoms with van der Waals surface area (Å²) in [4.78, 5) is 19.5. The molecule has 1 saturated heterocycles. The van der Waals surface area contributed by atoms with Crippen molar-refractivity contribution in [3.8, 4) is 5.75 Å². The van der Waals surface area contributed by atoms with E-state index in [9.17, 15) is 4.79 Å². The SMILES string of the molecule is Cc1ccccc1OCCC(=O)N1CCC[C@H](c2ccc(Cc3ccc(Cl)cc3)cn2)C1. The summed E-state index contributed by atoms with van der Waals surface area (Å²) in [7, 11) is 0. The normalized spacial score (nSPS) is 16.1. The number of likely N-dealkylation sites (tertiary alicyclic amines) is 1. The molecule has 1 aliphatic rings. The highest BCUT2D eigenvalue weighted by atomic mass is 35.5. The Bertz CT molecular complexity index is 1030. The van der Waals surface area contributed by atoms with Crippen LogP contribution in [0.2, 0.25) is 5.02 Å². The third-order valence-electron chi connectivity index (χ3n) is 6.03. The zero-order valence-corrected chi connectivity index (χ0v) is 19.2. The van der Waals surface area contributed by atoms with Gasteiger partial charge in [0.15, 0.2) is 0 Å². The zero-order chi connectivity index (χ0) is 22.3. The van der Waals surface area contributed by atoms with Crippen molar-refractivity contribution in [1.82, 2.24) is 9.88 Å². The van der Waals surface area contributed by atoms with Crippen molar-refractivity contribution >= 4 is 17.5 Å². The maximum atomic E-state index is 12.7. The number of ether oxygens (including phenoxy) is 1. The van der Waals surface area contributed by atoms with Gasteiger partial charge in [-0.05, 0) is 67.1 Å². The number of carbonyl (C=O) groups is 1. The molecule has 4 rings (SSSR count). The van der Waals surface area contributed by atoms with Crippen molar-refractivity contribution in [3.05, 3.63) is 94.3 Å². The molecule has 1 atom stereocenters. The molecule has 0 N–H and O–H groups in total. The third kappa shape index (κ3) is 5.89. The fourth-order valence-electron chi connectivity index (χ4n) is 4.19. The molecule has 2 heterocycles. The van der Waals surface area contributed by atoms with Gasteiger partial charge in [-0.15, -0.1) is 0 Å². The van der Waals surface area contributed by atoms with Crippen molar-refractivity contribution in [3.63, 3.8) is 0 Å². The smallest absolute Gasteiger partial charge is 0.226 e. The van der Waals surface area contributed by atoms with Crippen LogP contribution >= 0.6 is 11.6 Å². The lowest BCUT2D eigenvalue weighted by Gasteiger charge is -2.32. The van der Waals surface area contributed by atoms with Crippen molar-refractivity contribution in [1.29, 1.82) is 0 Å². The van der Waals surface area contributed by atoms with Gasteiger partial charge in [-0.1, -0.05) is 48.0 Å². The van der Waals surface area contributed by atoms with Crippen molar-refractivity contribution < 1.29 is 9.53 Å². The minimum absolute atomic E-state index is 0.155. The molecule has 0 aliphatic carbocycles. The Morgan fingerprint density at radius 1 is 1.09 bits per heavy atom. The van der Waals surface area contributed by atoms with Gasteiger partial charge in [0.2, 0.25) is 5.91 Å². The summed E-state index contributed by atoms with van der Waals surface area (Å²) in [5, 5.41) is 0.750. The van der Waals surface area contributed by atoms with Gasteiger partial charge in [-0.2, -0.15) is 0 Å². The Hall–Kier alpha value is -2.85. The summed E-state index contributed by atoms with van der Waals surface area (Å²) in [6, 6.07) is 20.1. The molecule has 0 unspecified atom stereocenters. The fourth-order valence-corrected chi connectivity index (χ4v) is 4.32. The lowest BCUT2D eigenvalue weighted by Crippen LogP contribution is -2.39. The average Bonchev–Trinajstić information content (AvgIpc) is 2.82. The van der Waals surface area contributed by atoms with Crippen molar-refractivity contribution in [2.45, 2.75) is 38.5 Å². The van der Waals surface area contributed by atoms with Crippen molar-refractivity contribution in [2.75, 3.05) is 19.7 Å². The number of aryl methyl sites for hydroxylation is 1. The highest BCUT2D eigenvalue weighted by Crippen LogP contribution is 2.26. The Morgan fingerprint density at radius 3 is 2.62 bits per heavy atom. The van der Waals surface area contributed by atoms with E-state index in [-0.39, 0.29) is 11.8 Å². The van der Waals surface area contributed by atoms with Crippen LogP contribution in [0.5, 0.6) is 5.75 Å². The summed E-state index contributed by atoms with van der Waals surface area (Å²) in [5.74, 6) is 1.29. The highest BCUT2D eigenvalue weighted by Gasteiger charge is 2.25. The summed E-state index contributed by atoms with van der Waals surface area (Å²) >= 11 is 5.97. The second kappa shape index (κ2) is 10.6. The van der Waals surface area contributed by atoms with Gasteiger partial charge in [0.1, 0.15) is 5.75 Å². The van der Waals surface area contributed by atoms with Gasteiger partial charge in [0, 0.05) is 35.9 Å². The van der Waals surface area contributed by atoms with Gasteiger partial charge in [0.05, 0.1) is 13.0 Å². The van der Waals surface area contributed by atoms with Crippen LogP contribution < -0.4 is 4.74 Å². The number of nitrogens with zero attached hydrogens (tertiary/aromatic N) is 2. The van der Waals surface area contributed by atoms with E-state index in [4.69, 9.17) is 21.3 Å². The molecule has 4 nitrogen and oxygen atoms in total. The zero-order valence-electron chi connectivity index (χ0n) is 18.5. The molecular formula is C27H29ClN2O2. The van der Waals surface area contributed by atoms with E-state index in [2.05, 4.69) is 12.1 Å². The van der Waals surface area contributed by atoms with E-state index in [1.54, 1.807) is 0 Å². The molecule has 1 fully saturated rings. The molecule has 0 bridgehead atoms. The largest absolute Gasteiger partial charge is 0.493 e. The Kier molecular flexibility index (Phi) is 7.43. The number of halogens is 1. The predicted octanol–water partition coefficient (Wildman–Crippen LogP) is 5.81. The molecular weight excluding hydrogens is 420 g/mol. The van der Waals surface area contributed by atoms with Gasteiger partial charge in [-0.3, -0.25) is 9.78 Å². The molecule has 2 aromatic carbocycles. The molecule has 3 aromatic rings. The number of hydrogen-bond donors (Lipinski definition) is 0. The van der Waals surface area contributed by atoms with E-state index in [0.29, 0.717) is 13.0 Å². The number of para-hydroxylation sites is 1. The molecule has 0 saturated carbocycles. The van der Waals surface area contributed by atoms with Crippen LogP contribution in [0.4, 0.5) is 0 Å². The summed E-state index contributed by atoms with van der Waals surface area (Å²) in [6.07, 6.45) is 5.26. The summed E-state index contributed by atoms with van der Waals surface area (Å²) in [6.45, 7) is 3.96. The number of benzene rings is 2. The first kappa shape index (κ1) is 22.3. The van der Waals surface area contributed by atoms with E-state index >= 15 is 0 Å². The number of hydrogen-bond acceptors (Lipinski definition) is 3. The number of carbonyl (C=O) groups excluding carboxylic acids is 1. The van der Waals surface area contributed by atoms with Crippen molar-refractivity contribution in [2.24, 2.45) is 0 Å². The first-order chi connectivity index (χ1) is 15.6. The topological polar surface area (TPSA) is 42.4 Å². The minimum Gasteiger partial charge on any atom is -0.493 e. The van der Waals surface area contributed by atoms with Crippen LogP contribution in [-0.2, 0) is 11.2 Å². The predicted molar refractivity (Wildman–Crippen MR) is 128 cm³/mol. The van der Waals surface area contributed by atoms with Gasteiger partial charge >= 0.3 is 0 Å². The number of pyridine rings is 1. The second-order valence-corrected chi connectivity index (χ2v) is 8.87. The Balaban J connectivity index is 1.29. The third-order valence-corrected chi connectivity index (χ3v) is 6.28. The van der Waals surface area contributed by atoms with Gasteiger partial charge in [-0.25, -0.2) is 0 Å². The average molecular weight is 449 g/mol. The lowest BCUT2D eigenvalue weighted by atomic mass is 9.93. The molecule has 166 valence electrons. The van der Waals surface area contributed by atoms with E-state index in [0.717, 1.165) is 54.4 Å². The van der Waals surface area contributed by atoms with Gasteiger partial charge < -0.3 is 9.64 Å². The number of aromatic nitrogens is 1. The van der Waals surface area contributed by atoms with Crippen LogP contribution in [0.1, 0.15) is 47.6 Å². The van der Waals surface area contributed by atoms with Crippen LogP contribution in [0.3, 0.4) is 0 Å².